The maximum atomic E-state index is 12.0. The summed E-state index contributed by atoms with van der Waals surface area (Å²) in [6.45, 7) is 8.64. The fourth-order valence-electron chi connectivity index (χ4n) is 2.03. The van der Waals surface area contributed by atoms with Crippen molar-refractivity contribution in [3.63, 3.8) is 0 Å². The van der Waals surface area contributed by atoms with E-state index in [1.165, 1.54) is 0 Å². The van der Waals surface area contributed by atoms with Crippen LogP contribution in [0.25, 0.3) is 0 Å². The van der Waals surface area contributed by atoms with Gasteiger partial charge in [-0.15, -0.1) is 0 Å². The van der Waals surface area contributed by atoms with E-state index in [1.54, 1.807) is 0 Å². The minimum Gasteiger partial charge on any atom is -0.342 e. The highest BCUT2D eigenvalue weighted by Crippen LogP contribution is 2.20. The molecular formula is C11H22N2O. The summed E-state index contributed by atoms with van der Waals surface area (Å²) in [5.41, 5.74) is 5.63. The molecule has 1 aliphatic rings. The van der Waals surface area contributed by atoms with E-state index in [4.69, 9.17) is 5.73 Å². The van der Waals surface area contributed by atoms with Crippen LogP contribution in [0.4, 0.5) is 0 Å². The van der Waals surface area contributed by atoms with Gasteiger partial charge in [0.15, 0.2) is 0 Å². The SMILES string of the molecule is CC1CCN(C(=O)C(CN)C(C)C)C1. The molecule has 2 N–H and O–H groups in total. The van der Waals surface area contributed by atoms with E-state index >= 15 is 0 Å². The van der Waals surface area contributed by atoms with Gasteiger partial charge in [-0.3, -0.25) is 4.79 Å². The number of nitrogens with zero attached hydrogens (tertiary/aromatic N) is 1. The fourth-order valence-corrected chi connectivity index (χ4v) is 2.03. The molecule has 3 nitrogen and oxygen atoms in total. The Hall–Kier alpha value is -0.570. The second kappa shape index (κ2) is 4.78. The van der Waals surface area contributed by atoms with Gasteiger partial charge in [-0.25, -0.2) is 0 Å². The smallest absolute Gasteiger partial charge is 0.227 e. The molecule has 0 radical (unpaired) electrons. The molecule has 1 aliphatic heterocycles. The Morgan fingerprint density at radius 1 is 1.57 bits per heavy atom. The van der Waals surface area contributed by atoms with Crippen LogP contribution in [-0.4, -0.2) is 30.4 Å². The Morgan fingerprint density at radius 2 is 2.21 bits per heavy atom. The Balaban J connectivity index is 2.55. The van der Waals surface area contributed by atoms with E-state index in [2.05, 4.69) is 20.8 Å². The van der Waals surface area contributed by atoms with Crippen molar-refractivity contribution in [1.82, 2.24) is 4.90 Å². The number of hydrogen-bond donors (Lipinski definition) is 1. The summed E-state index contributed by atoms with van der Waals surface area (Å²) in [6, 6.07) is 0. The standard InChI is InChI=1S/C11H22N2O/c1-8(2)10(6-12)11(14)13-5-4-9(3)7-13/h8-10H,4-7,12H2,1-3H3. The molecule has 14 heavy (non-hydrogen) atoms. The van der Waals surface area contributed by atoms with E-state index in [-0.39, 0.29) is 11.8 Å². The van der Waals surface area contributed by atoms with Crippen LogP contribution < -0.4 is 5.73 Å². The highest BCUT2D eigenvalue weighted by Gasteiger charge is 2.29. The molecular weight excluding hydrogens is 176 g/mol. The molecule has 0 spiro atoms. The van der Waals surface area contributed by atoms with Gasteiger partial charge in [0.2, 0.25) is 5.91 Å². The van der Waals surface area contributed by atoms with Crippen LogP contribution >= 0.6 is 0 Å². The Bertz CT molecular complexity index is 203. The molecule has 0 bridgehead atoms. The zero-order chi connectivity index (χ0) is 10.7. The Labute approximate surface area is 86.6 Å². The van der Waals surface area contributed by atoms with Gasteiger partial charge in [-0.05, 0) is 18.3 Å². The molecule has 0 aromatic rings. The van der Waals surface area contributed by atoms with Gasteiger partial charge in [0.1, 0.15) is 0 Å². The second-order valence-corrected chi connectivity index (χ2v) is 4.76. The first-order valence-corrected chi connectivity index (χ1v) is 5.55. The number of nitrogens with two attached hydrogens (primary N) is 1. The Morgan fingerprint density at radius 3 is 2.57 bits per heavy atom. The largest absolute Gasteiger partial charge is 0.342 e. The second-order valence-electron chi connectivity index (χ2n) is 4.76. The highest BCUT2D eigenvalue weighted by molar-refractivity contribution is 5.79. The summed E-state index contributed by atoms with van der Waals surface area (Å²) < 4.78 is 0. The maximum Gasteiger partial charge on any atom is 0.227 e. The van der Waals surface area contributed by atoms with Crippen LogP contribution in [-0.2, 0) is 4.79 Å². The van der Waals surface area contributed by atoms with E-state index in [1.807, 2.05) is 4.90 Å². The molecule has 0 aromatic carbocycles. The van der Waals surface area contributed by atoms with Crippen LogP contribution in [0.3, 0.4) is 0 Å². The van der Waals surface area contributed by atoms with Crippen molar-refractivity contribution in [3.8, 4) is 0 Å². The van der Waals surface area contributed by atoms with Crippen molar-refractivity contribution in [2.24, 2.45) is 23.5 Å². The average molecular weight is 198 g/mol. The van der Waals surface area contributed by atoms with E-state index in [0.717, 1.165) is 19.5 Å². The first-order valence-electron chi connectivity index (χ1n) is 5.55. The molecule has 1 rings (SSSR count). The van der Waals surface area contributed by atoms with Crippen molar-refractivity contribution >= 4 is 5.91 Å². The van der Waals surface area contributed by atoms with Gasteiger partial charge in [-0.1, -0.05) is 20.8 Å². The van der Waals surface area contributed by atoms with E-state index in [9.17, 15) is 4.79 Å². The normalized spacial score (nSPS) is 24.4. The topological polar surface area (TPSA) is 46.3 Å². The lowest BCUT2D eigenvalue weighted by atomic mass is 9.94. The lowest BCUT2D eigenvalue weighted by Crippen LogP contribution is -2.40. The summed E-state index contributed by atoms with van der Waals surface area (Å²) >= 11 is 0. The minimum absolute atomic E-state index is 0.0142. The monoisotopic (exact) mass is 198 g/mol. The number of carbonyl (C=O) groups is 1. The van der Waals surface area contributed by atoms with Crippen LogP contribution in [0.15, 0.2) is 0 Å². The molecule has 2 atom stereocenters. The van der Waals surface area contributed by atoms with Crippen LogP contribution in [0.2, 0.25) is 0 Å². The van der Waals surface area contributed by atoms with E-state index in [0.29, 0.717) is 18.4 Å². The van der Waals surface area contributed by atoms with Crippen molar-refractivity contribution < 1.29 is 4.79 Å². The lowest BCUT2D eigenvalue weighted by molar-refractivity contribution is -0.135. The quantitative estimate of drug-likeness (QED) is 0.737. The molecule has 0 aromatic heterocycles. The van der Waals surface area contributed by atoms with Gasteiger partial charge >= 0.3 is 0 Å². The number of likely N-dealkylation sites (tertiary alicyclic amines) is 1. The van der Waals surface area contributed by atoms with Crippen LogP contribution in [0.5, 0.6) is 0 Å². The Kier molecular flexibility index (Phi) is 3.93. The van der Waals surface area contributed by atoms with Gasteiger partial charge in [-0.2, -0.15) is 0 Å². The third-order valence-electron chi connectivity index (χ3n) is 3.11. The first-order chi connectivity index (χ1) is 6.56. The molecule has 1 saturated heterocycles. The van der Waals surface area contributed by atoms with Gasteiger partial charge in [0.05, 0.1) is 5.92 Å². The van der Waals surface area contributed by atoms with Crippen molar-refractivity contribution in [1.29, 1.82) is 0 Å². The van der Waals surface area contributed by atoms with Crippen LogP contribution in [0, 0.1) is 17.8 Å². The van der Waals surface area contributed by atoms with Gasteiger partial charge in [0.25, 0.3) is 0 Å². The van der Waals surface area contributed by atoms with Crippen molar-refractivity contribution in [3.05, 3.63) is 0 Å². The van der Waals surface area contributed by atoms with Crippen molar-refractivity contribution in [2.75, 3.05) is 19.6 Å². The van der Waals surface area contributed by atoms with Gasteiger partial charge < -0.3 is 10.6 Å². The number of amides is 1. The number of carbonyl (C=O) groups excluding carboxylic acids is 1. The van der Waals surface area contributed by atoms with Gasteiger partial charge in [0, 0.05) is 19.6 Å². The summed E-state index contributed by atoms with van der Waals surface area (Å²) in [5, 5.41) is 0. The fraction of sp³-hybridized carbons (Fsp3) is 0.909. The molecule has 1 amide bonds. The molecule has 82 valence electrons. The molecule has 1 fully saturated rings. The molecule has 0 saturated carbocycles. The van der Waals surface area contributed by atoms with Crippen LogP contribution in [0.1, 0.15) is 27.2 Å². The minimum atomic E-state index is 0.0142. The summed E-state index contributed by atoms with van der Waals surface area (Å²) in [4.78, 5) is 14.0. The highest BCUT2D eigenvalue weighted by atomic mass is 16.2. The molecule has 1 heterocycles. The summed E-state index contributed by atoms with van der Waals surface area (Å²) in [6.07, 6.45) is 1.14. The third kappa shape index (κ3) is 2.47. The number of hydrogen-bond acceptors (Lipinski definition) is 2. The molecule has 3 heteroatoms. The average Bonchev–Trinajstić information content (AvgIpc) is 2.52. The van der Waals surface area contributed by atoms with E-state index < -0.39 is 0 Å². The predicted molar refractivity (Wildman–Crippen MR) is 57.7 cm³/mol. The summed E-state index contributed by atoms with van der Waals surface area (Å²) in [5.74, 6) is 1.28. The zero-order valence-electron chi connectivity index (χ0n) is 9.49. The molecule has 2 unspecified atom stereocenters. The zero-order valence-corrected chi connectivity index (χ0v) is 9.49. The third-order valence-corrected chi connectivity index (χ3v) is 3.11. The van der Waals surface area contributed by atoms with Crippen molar-refractivity contribution in [2.45, 2.75) is 27.2 Å². The number of rotatable bonds is 3. The first kappa shape index (κ1) is 11.5. The predicted octanol–water partition coefficient (Wildman–Crippen LogP) is 1.09. The lowest BCUT2D eigenvalue weighted by Gasteiger charge is -2.24. The summed E-state index contributed by atoms with van der Waals surface area (Å²) in [7, 11) is 0. The maximum absolute atomic E-state index is 12.0. The molecule has 0 aliphatic carbocycles.